The molecule has 17 heavy (non-hydrogen) atoms. The molecule has 0 saturated carbocycles. The van der Waals surface area contributed by atoms with Gasteiger partial charge in [0.05, 0.1) is 0 Å². The Kier molecular flexibility index (Phi) is 9.65. The van der Waals surface area contributed by atoms with Crippen molar-refractivity contribution in [2.24, 2.45) is 5.92 Å². The smallest absolute Gasteiger partial charge is 0.220 e. The summed E-state index contributed by atoms with van der Waals surface area (Å²) in [6, 6.07) is 0. The Hall–Kier alpha value is -0.900. The SMILES string of the molecule is COCCCNC(=O)CCCC(=O)C(C)C.[3H]C.[3H][3H]. The maximum atomic E-state index is 11.3. The van der Waals surface area contributed by atoms with Crippen molar-refractivity contribution in [1.29, 1.82) is 0 Å². The van der Waals surface area contributed by atoms with E-state index in [4.69, 9.17) is 9.08 Å². The first-order chi connectivity index (χ1) is 9.57. The third-order valence-corrected chi connectivity index (χ3v) is 2.32. The summed E-state index contributed by atoms with van der Waals surface area (Å²) in [5.74, 6) is 0.324. The van der Waals surface area contributed by atoms with E-state index in [9.17, 15) is 9.59 Å². The van der Waals surface area contributed by atoms with Crippen LogP contribution in [0.25, 0.3) is 0 Å². The number of carbonyl (C=O) groups excluding carboxylic acids is 2. The van der Waals surface area contributed by atoms with Crippen molar-refractivity contribution < 1.29 is 18.7 Å². The van der Waals surface area contributed by atoms with Gasteiger partial charge in [0.1, 0.15) is 5.78 Å². The zero-order chi connectivity index (χ0) is 16.4. The maximum absolute atomic E-state index is 11.3. The fraction of sp³-hybridized carbons (Fsp3) is 0.846. The van der Waals surface area contributed by atoms with Crippen LogP contribution in [0.15, 0.2) is 0 Å². The normalized spacial score (nSPS) is 10.8. The van der Waals surface area contributed by atoms with E-state index < -0.39 is 0 Å². The van der Waals surface area contributed by atoms with Gasteiger partial charge in [-0.2, -0.15) is 0 Å². The predicted molar refractivity (Wildman–Crippen MR) is 72.0 cm³/mol. The van der Waals surface area contributed by atoms with Gasteiger partial charge in [-0.15, -0.1) is 0 Å². The number of carbonyl (C=O) groups is 2. The molecule has 0 aliphatic heterocycles. The monoisotopic (exact) mass is 253 g/mol. The number of methoxy groups -OCH3 is 1. The number of hydrogen-bond acceptors (Lipinski definition) is 3. The van der Waals surface area contributed by atoms with Crippen LogP contribution in [-0.2, 0) is 14.3 Å². The molecule has 0 atom stereocenters. The van der Waals surface area contributed by atoms with Gasteiger partial charge in [-0.05, 0) is 12.8 Å². The van der Waals surface area contributed by atoms with E-state index >= 15 is 0 Å². The number of nitrogens with one attached hydrogen (secondary N) is 1. The standard InChI is InChI=1S/C12H23NO3.CH4.H2/c1-10(2)11(14)6-4-7-12(15)13-8-5-9-16-3;;/h10H,4-9H2,1-3H3,(H,13,15);1H4;1H/i;1T;1+2T. The molecule has 0 radical (unpaired) electrons. The van der Waals surface area contributed by atoms with E-state index in [1.807, 2.05) is 13.8 Å². The Balaban J connectivity index is -0.000000656. The van der Waals surface area contributed by atoms with E-state index in [-0.39, 0.29) is 17.6 Å². The molecule has 0 aromatic rings. The Morgan fingerprint density at radius 1 is 1.41 bits per heavy atom. The zero-order valence-electron chi connectivity index (χ0n) is 14.5. The van der Waals surface area contributed by atoms with Crippen molar-refractivity contribution >= 4 is 11.7 Å². The van der Waals surface area contributed by atoms with Crippen LogP contribution in [0.2, 0.25) is 0 Å². The Morgan fingerprint density at radius 3 is 2.59 bits per heavy atom. The topological polar surface area (TPSA) is 55.4 Å². The van der Waals surface area contributed by atoms with Gasteiger partial charge in [0, 0.05) is 43.4 Å². The van der Waals surface area contributed by atoms with E-state index in [0.29, 0.717) is 32.4 Å². The van der Waals surface area contributed by atoms with E-state index in [1.54, 1.807) is 7.11 Å². The summed E-state index contributed by atoms with van der Waals surface area (Å²) in [5, 5.41) is 2.79. The number of hydrogen-bond donors (Lipinski definition) is 1. The molecule has 0 saturated heterocycles. The molecule has 0 heterocycles. The second kappa shape index (κ2) is 11.6. The van der Waals surface area contributed by atoms with Crippen LogP contribution in [0.4, 0.5) is 0 Å². The van der Waals surface area contributed by atoms with Crippen LogP contribution in [0.1, 0.15) is 51.3 Å². The Bertz CT molecular complexity index is 227. The summed E-state index contributed by atoms with van der Waals surface area (Å²) in [5.41, 5.74) is 0. The van der Waals surface area contributed by atoms with E-state index in [2.05, 4.69) is 5.32 Å². The van der Waals surface area contributed by atoms with Gasteiger partial charge >= 0.3 is 0 Å². The van der Waals surface area contributed by atoms with Gasteiger partial charge in [-0.25, -0.2) is 0 Å². The Labute approximate surface area is 110 Å². The molecule has 0 unspecified atom stereocenters. The first-order valence-corrected chi connectivity index (χ1v) is 5.86. The first-order valence-electron chi connectivity index (χ1n) is 7.86. The third kappa shape index (κ3) is 11.4. The molecule has 0 spiro atoms. The van der Waals surface area contributed by atoms with Crippen LogP contribution in [0.5, 0.6) is 0 Å². The molecule has 0 aliphatic carbocycles. The number of ether oxygens (including phenoxy) is 1. The van der Waals surface area contributed by atoms with Crippen LogP contribution < -0.4 is 5.32 Å². The van der Waals surface area contributed by atoms with Crippen LogP contribution >= 0.6 is 0 Å². The summed E-state index contributed by atoms with van der Waals surface area (Å²) < 4.78 is 20.6. The fourth-order valence-corrected chi connectivity index (χ4v) is 1.24. The third-order valence-electron chi connectivity index (χ3n) is 2.32. The van der Waals surface area contributed by atoms with Crippen LogP contribution in [-0.4, -0.2) is 32.0 Å². The highest BCUT2D eigenvalue weighted by atomic mass is 16.5. The van der Waals surface area contributed by atoms with Crippen molar-refractivity contribution in [1.82, 2.24) is 5.32 Å². The minimum absolute atomic E-state index is 0.0210. The zero-order valence-corrected chi connectivity index (χ0v) is 11.5. The highest BCUT2D eigenvalue weighted by Crippen LogP contribution is 2.03. The second-order valence-electron chi connectivity index (χ2n) is 4.17. The van der Waals surface area contributed by atoms with Crippen molar-refractivity contribution in [3.8, 4) is 0 Å². The molecule has 0 aliphatic rings. The van der Waals surface area contributed by atoms with Gasteiger partial charge in [0.25, 0.3) is 0 Å². The summed E-state index contributed by atoms with van der Waals surface area (Å²) in [6.07, 6.45) is 2.41. The second-order valence-corrected chi connectivity index (χ2v) is 4.17. The molecule has 1 amide bonds. The molecular weight excluding hydrogens is 218 g/mol. The predicted octanol–water partition coefficient (Wildman–Crippen LogP) is 2.42. The number of Topliss-reactive ketones (excluding diaryl/α,β-unsaturated/α-hetero) is 1. The fourth-order valence-electron chi connectivity index (χ4n) is 1.24. The van der Waals surface area contributed by atoms with Crippen molar-refractivity contribution in [3.05, 3.63) is 0 Å². The first kappa shape index (κ1) is 14.2. The van der Waals surface area contributed by atoms with E-state index in [0.717, 1.165) is 6.42 Å². The molecule has 4 heteroatoms. The van der Waals surface area contributed by atoms with Gasteiger partial charge in [0.15, 0.2) is 0 Å². The van der Waals surface area contributed by atoms with E-state index in [1.165, 1.54) is 7.40 Å². The molecule has 104 valence electrons. The lowest BCUT2D eigenvalue weighted by Crippen LogP contribution is -2.25. The average Bonchev–Trinajstić information content (AvgIpc) is 2.47. The average molecular weight is 253 g/mol. The van der Waals surface area contributed by atoms with Gasteiger partial charge in [0.2, 0.25) is 5.91 Å². The lowest BCUT2D eigenvalue weighted by atomic mass is 10.0. The largest absolute Gasteiger partial charge is 0.385 e. The molecule has 4 nitrogen and oxygen atoms in total. The molecule has 1 N–H and O–H groups in total. The summed E-state index contributed by atoms with van der Waals surface area (Å²) in [4.78, 5) is 22.6. The quantitative estimate of drug-likeness (QED) is 0.642. The number of rotatable bonds is 9. The lowest BCUT2D eigenvalue weighted by molar-refractivity contribution is -0.122. The molecule has 0 bridgehead atoms. The summed E-state index contributed by atoms with van der Waals surface area (Å²) in [7, 11) is 2.89. The van der Waals surface area contributed by atoms with Gasteiger partial charge in [-0.3, -0.25) is 9.59 Å². The van der Waals surface area contributed by atoms with Crippen molar-refractivity contribution in [2.45, 2.75) is 46.9 Å². The highest BCUT2D eigenvalue weighted by molar-refractivity contribution is 5.81. The molecule has 0 aromatic heterocycles. The number of ketones is 1. The van der Waals surface area contributed by atoms with Crippen LogP contribution in [0, 0.1) is 5.92 Å². The lowest BCUT2D eigenvalue weighted by Gasteiger charge is -2.05. The molecule has 0 fully saturated rings. The van der Waals surface area contributed by atoms with Crippen molar-refractivity contribution in [3.63, 3.8) is 0 Å². The van der Waals surface area contributed by atoms with Gasteiger partial charge in [-0.1, -0.05) is 21.3 Å². The summed E-state index contributed by atoms with van der Waals surface area (Å²) >= 11 is 0. The molecule has 0 rings (SSSR count). The van der Waals surface area contributed by atoms with Gasteiger partial charge < -0.3 is 10.1 Å². The molecular formula is C13H29NO3. The Morgan fingerprint density at radius 2 is 2.06 bits per heavy atom. The highest BCUT2D eigenvalue weighted by Gasteiger charge is 2.08. The number of amides is 1. The minimum Gasteiger partial charge on any atom is -0.385 e. The maximum Gasteiger partial charge on any atom is 0.220 e. The molecule has 0 aromatic carbocycles. The summed E-state index contributed by atoms with van der Waals surface area (Å²) in [6.45, 7) is 5.07. The van der Waals surface area contributed by atoms with Crippen LogP contribution in [0.3, 0.4) is 0 Å². The van der Waals surface area contributed by atoms with Crippen molar-refractivity contribution in [2.75, 3.05) is 20.3 Å². The minimum atomic E-state index is 0.0210.